The van der Waals surface area contributed by atoms with Gasteiger partial charge in [0.15, 0.2) is 0 Å². The third-order valence-electron chi connectivity index (χ3n) is 6.09. The molecule has 3 aliphatic rings. The maximum atomic E-state index is 12.9. The Bertz CT molecular complexity index is 578. The number of urea groups is 1. The number of imide groups is 1. The number of nitrogens with zero attached hydrogens (tertiary/aromatic N) is 2. The first-order valence-electron chi connectivity index (χ1n) is 10.1. The van der Waals surface area contributed by atoms with Gasteiger partial charge in [0.1, 0.15) is 12.1 Å². The maximum absolute atomic E-state index is 12.9. The summed E-state index contributed by atoms with van der Waals surface area (Å²) in [6.45, 7) is 7.45. The largest absolute Gasteiger partial charge is 0.379 e. The van der Waals surface area contributed by atoms with E-state index in [4.69, 9.17) is 4.74 Å². The van der Waals surface area contributed by atoms with E-state index >= 15 is 0 Å². The van der Waals surface area contributed by atoms with Crippen LogP contribution >= 0.6 is 0 Å². The molecule has 2 aliphatic heterocycles. The molecule has 0 aromatic rings. The average Bonchev–Trinajstić information content (AvgIpc) is 2.83. The number of morpholine rings is 1. The molecule has 0 bridgehead atoms. The number of rotatable bonds is 5. The second-order valence-electron chi connectivity index (χ2n) is 8.51. The Morgan fingerprint density at radius 2 is 1.78 bits per heavy atom. The second kappa shape index (κ2) is 8.14. The fourth-order valence-corrected chi connectivity index (χ4v) is 4.29. The molecule has 3 fully saturated rings. The zero-order valence-electron chi connectivity index (χ0n) is 16.5. The highest BCUT2D eigenvalue weighted by Gasteiger charge is 2.51. The number of amides is 4. The highest BCUT2D eigenvalue weighted by atomic mass is 16.5. The molecule has 2 heterocycles. The van der Waals surface area contributed by atoms with Crippen molar-refractivity contribution in [3.05, 3.63) is 0 Å². The fourth-order valence-electron chi connectivity index (χ4n) is 4.29. The minimum atomic E-state index is -0.791. The van der Waals surface area contributed by atoms with Crippen LogP contribution in [0.5, 0.6) is 0 Å². The van der Waals surface area contributed by atoms with Crippen molar-refractivity contribution in [2.24, 2.45) is 0 Å². The maximum Gasteiger partial charge on any atom is 0.325 e. The topological polar surface area (TPSA) is 91.0 Å². The summed E-state index contributed by atoms with van der Waals surface area (Å²) < 4.78 is 5.38. The van der Waals surface area contributed by atoms with Crippen molar-refractivity contribution in [3.8, 4) is 0 Å². The predicted molar refractivity (Wildman–Crippen MR) is 100 cm³/mol. The van der Waals surface area contributed by atoms with Gasteiger partial charge >= 0.3 is 6.03 Å². The van der Waals surface area contributed by atoms with Crippen molar-refractivity contribution in [1.29, 1.82) is 0 Å². The van der Waals surface area contributed by atoms with Gasteiger partial charge in [0.2, 0.25) is 5.91 Å². The lowest BCUT2D eigenvalue weighted by Gasteiger charge is -2.40. The van der Waals surface area contributed by atoms with Gasteiger partial charge in [-0.25, -0.2) is 4.79 Å². The SMILES string of the molecule is CC(C)(CNC(=O)CN1C(=O)NC2(CCCCCC2)C1=O)N1CCOCC1. The highest BCUT2D eigenvalue weighted by Crippen LogP contribution is 2.32. The van der Waals surface area contributed by atoms with Crippen molar-refractivity contribution in [2.45, 2.75) is 63.5 Å². The number of hydrogen-bond donors (Lipinski definition) is 2. The van der Waals surface area contributed by atoms with Crippen molar-refractivity contribution >= 4 is 17.8 Å². The van der Waals surface area contributed by atoms with Gasteiger partial charge in [-0.15, -0.1) is 0 Å². The third kappa shape index (κ3) is 4.43. The molecular formula is C19H32N4O4. The van der Waals surface area contributed by atoms with Gasteiger partial charge in [0.05, 0.1) is 13.2 Å². The smallest absolute Gasteiger partial charge is 0.325 e. The number of nitrogens with one attached hydrogen (secondary N) is 2. The molecule has 0 atom stereocenters. The minimum absolute atomic E-state index is 0.209. The van der Waals surface area contributed by atoms with Crippen LogP contribution in [0.25, 0.3) is 0 Å². The summed E-state index contributed by atoms with van der Waals surface area (Å²) in [5, 5.41) is 5.77. The van der Waals surface area contributed by atoms with Crippen LogP contribution in [0.4, 0.5) is 4.79 Å². The Hall–Kier alpha value is -1.67. The summed E-state index contributed by atoms with van der Waals surface area (Å²) in [6.07, 6.45) is 5.36. The average molecular weight is 380 g/mol. The van der Waals surface area contributed by atoms with E-state index in [1.165, 1.54) is 0 Å². The van der Waals surface area contributed by atoms with Crippen LogP contribution in [0.2, 0.25) is 0 Å². The van der Waals surface area contributed by atoms with Gasteiger partial charge in [-0.05, 0) is 26.7 Å². The van der Waals surface area contributed by atoms with Crippen molar-refractivity contribution < 1.29 is 19.1 Å². The number of carbonyl (C=O) groups is 3. The summed E-state index contributed by atoms with van der Waals surface area (Å²) in [5.41, 5.74) is -1.000. The fraction of sp³-hybridized carbons (Fsp3) is 0.842. The normalized spacial score (nSPS) is 24.0. The van der Waals surface area contributed by atoms with Crippen LogP contribution in [0, 0.1) is 0 Å². The summed E-state index contributed by atoms with van der Waals surface area (Å²) in [4.78, 5) is 41.0. The summed E-state index contributed by atoms with van der Waals surface area (Å²) in [6, 6.07) is -0.440. The number of hydrogen-bond acceptors (Lipinski definition) is 5. The molecule has 0 aromatic heterocycles. The Labute approximate surface area is 161 Å². The molecule has 8 heteroatoms. The quantitative estimate of drug-likeness (QED) is 0.691. The van der Waals surface area contributed by atoms with Gasteiger partial charge in [-0.3, -0.25) is 19.4 Å². The van der Waals surface area contributed by atoms with E-state index < -0.39 is 11.6 Å². The van der Waals surface area contributed by atoms with Gasteiger partial charge in [-0.2, -0.15) is 0 Å². The van der Waals surface area contributed by atoms with Crippen molar-refractivity contribution in [1.82, 2.24) is 20.4 Å². The lowest BCUT2D eigenvalue weighted by Crippen LogP contribution is -2.56. The molecule has 4 amide bonds. The monoisotopic (exact) mass is 380 g/mol. The van der Waals surface area contributed by atoms with E-state index in [1.807, 2.05) is 0 Å². The van der Waals surface area contributed by atoms with Crippen LogP contribution in [0.15, 0.2) is 0 Å². The van der Waals surface area contributed by atoms with Crippen LogP contribution in [0.1, 0.15) is 52.4 Å². The van der Waals surface area contributed by atoms with E-state index in [0.29, 0.717) is 32.6 Å². The second-order valence-corrected chi connectivity index (χ2v) is 8.51. The van der Waals surface area contributed by atoms with E-state index in [9.17, 15) is 14.4 Å². The van der Waals surface area contributed by atoms with E-state index in [1.54, 1.807) is 0 Å². The van der Waals surface area contributed by atoms with Crippen LogP contribution in [-0.4, -0.2) is 78.1 Å². The first-order valence-corrected chi connectivity index (χ1v) is 10.1. The molecule has 0 aromatic carbocycles. The van der Waals surface area contributed by atoms with Crippen LogP contribution < -0.4 is 10.6 Å². The molecule has 1 saturated carbocycles. The molecular weight excluding hydrogens is 348 g/mol. The molecule has 152 valence electrons. The Kier molecular flexibility index (Phi) is 6.05. The van der Waals surface area contributed by atoms with Gasteiger partial charge < -0.3 is 15.4 Å². The van der Waals surface area contributed by atoms with Gasteiger partial charge in [0, 0.05) is 25.2 Å². The number of carbonyl (C=O) groups excluding carboxylic acids is 3. The molecule has 2 N–H and O–H groups in total. The number of ether oxygens (including phenoxy) is 1. The van der Waals surface area contributed by atoms with E-state index in [-0.39, 0.29) is 23.9 Å². The molecule has 2 saturated heterocycles. The highest BCUT2D eigenvalue weighted by molar-refractivity contribution is 6.09. The Balaban J connectivity index is 1.54. The Morgan fingerprint density at radius 1 is 1.15 bits per heavy atom. The summed E-state index contributed by atoms with van der Waals surface area (Å²) in [7, 11) is 0. The van der Waals surface area contributed by atoms with E-state index in [0.717, 1.165) is 43.7 Å². The zero-order valence-corrected chi connectivity index (χ0v) is 16.5. The molecule has 27 heavy (non-hydrogen) atoms. The molecule has 8 nitrogen and oxygen atoms in total. The van der Waals surface area contributed by atoms with E-state index in [2.05, 4.69) is 29.4 Å². The summed E-state index contributed by atoms with van der Waals surface area (Å²) in [5.74, 6) is -0.539. The zero-order chi connectivity index (χ0) is 19.5. The predicted octanol–water partition coefficient (Wildman–Crippen LogP) is 0.858. The first kappa shape index (κ1) is 20.1. The van der Waals surface area contributed by atoms with Crippen molar-refractivity contribution in [2.75, 3.05) is 39.4 Å². The molecule has 3 rings (SSSR count). The van der Waals surface area contributed by atoms with Gasteiger partial charge in [0.25, 0.3) is 5.91 Å². The molecule has 1 aliphatic carbocycles. The Morgan fingerprint density at radius 3 is 2.41 bits per heavy atom. The lowest BCUT2D eigenvalue weighted by molar-refractivity contribution is -0.135. The van der Waals surface area contributed by atoms with Gasteiger partial charge in [-0.1, -0.05) is 25.7 Å². The lowest BCUT2D eigenvalue weighted by atomic mass is 9.90. The first-order chi connectivity index (χ1) is 12.8. The summed E-state index contributed by atoms with van der Waals surface area (Å²) >= 11 is 0. The standard InChI is InChI=1S/C19H32N4O4/c1-18(2,22-9-11-27-12-10-22)14-20-15(24)13-23-16(25)19(21-17(23)26)7-5-3-4-6-8-19/h3-14H2,1-2H3,(H,20,24)(H,21,26). The molecule has 0 radical (unpaired) electrons. The van der Waals surface area contributed by atoms with Crippen molar-refractivity contribution in [3.63, 3.8) is 0 Å². The van der Waals surface area contributed by atoms with Crippen LogP contribution in [0.3, 0.4) is 0 Å². The minimum Gasteiger partial charge on any atom is -0.379 e. The van der Waals surface area contributed by atoms with Crippen LogP contribution in [-0.2, 0) is 14.3 Å². The third-order valence-corrected chi connectivity index (χ3v) is 6.09. The molecule has 0 unspecified atom stereocenters. The molecule has 1 spiro atoms.